The zero-order valence-electron chi connectivity index (χ0n) is 7.96. The molecule has 1 aliphatic heterocycles. The molecule has 12 heavy (non-hydrogen) atoms. The normalized spacial score (nSPS) is 29.3. The van der Waals surface area contributed by atoms with Crippen molar-refractivity contribution in [3.63, 3.8) is 0 Å². The molecule has 0 amide bonds. The molecule has 1 N–H and O–H groups in total. The number of hydrogen-bond donors (Lipinski definition) is 1. The number of nitrogens with one attached hydrogen (secondary N) is 1. The van der Waals surface area contributed by atoms with Gasteiger partial charge in [-0.1, -0.05) is 13.8 Å². The molecule has 0 aromatic rings. The molecule has 1 heterocycles. The first-order chi connectivity index (χ1) is 5.65. The van der Waals surface area contributed by atoms with Gasteiger partial charge in [0.2, 0.25) is 0 Å². The first-order valence-electron chi connectivity index (χ1n) is 4.46. The van der Waals surface area contributed by atoms with Crippen LogP contribution in [-0.2, 0) is 9.53 Å². The average molecular weight is 171 g/mol. The summed E-state index contributed by atoms with van der Waals surface area (Å²) in [6.45, 7) is 5.10. The van der Waals surface area contributed by atoms with Crippen molar-refractivity contribution < 1.29 is 9.53 Å². The summed E-state index contributed by atoms with van der Waals surface area (Å²) in [5, 5.41) is 3.32. The standard InChI is InChI=1S/C9H17NO2/c1-6(2)8-4-7(5-10-8)9(11)12-3/h6-8,10H,4-5H2,1-3H3/t7-,8+/m1/s1. The third-order valence-corrected chi connectivity index (χ3v) is 2.50. The number of ether oxygens (including phenoxy) is 1. The first-order valence-corrected chi connectivity index (χ1v) is 4.46. The molecule has 3 heteroatoms. The first kappa shape index (κ1) is 9.52. The van der Waals surface area contributed by atoms with Gasteiger partial charge in [-0.05, 0) is 12.3 Å². The molecule has 0 spiro atoms. The summed E-state index contributed by atoms with van der Waals surface area (Å²) < 4.78 is 4.68. The fourth-order valence-electron chi connectivity index (χ4n) is 1.62. The minimum atomic E-state index is -0.0781. The van der Waals surface area contributed by atoms with Crippen LogP contribution in [0.1, 0.15) is 20.3 Å². The summed E-state index contributed by atoms with van der Waals surface area (Å²) in [4.78, 5) is 11.1. The third kappa shape index (κ3) is 1.97. The number of methoxy groups -OCH3 is 1. The van der Waals surface area contributed by atoms with Crippen LogP contribution < -0.4 is 5.32 Å². The Labute approximate surface area is 73.5 Å². The topological polar surface area (TPSA) is 38.3 Å². The highest BCUT2D eigenvalue weighted by atomic mass is 16.5. The van der Waals surface area contributed by atoms with Gasteiger partial charge in [0.05, 0.1) is 13.0 Å². The fourth-order valence-corrected chi connectivity index (χ4v) is 1.62. The quantitative estimate of drug-likeness (QED) is 0.624. The highest BCUT2D eigenvalue weighted by Crippen LogP contribution is 2.20. The molecule has 0 aromatic carbocycles. The molecule has 0 bridgehead atoms. The van der Waals surface area contributed by atoms with Crippen LogP contribution in [0.3, 0.4) is 0 Å². The molecule has 1 aliphatic rings. The van der Waals surface area contributed by atoms with E-state index >= 15 is 0 Å². The zero-order valence-corrected chi connectivity index (χ0v) is 7.96. The minimum absolute atomic E-state index is 0.0717. The van der Waals surface area contributed by atoms with Crippen LogP contribution in [0.25, 0.3) is 0 Å². The molecule has 0 saturated carbocycles. The SMILES string of the molecule is COC(=O)[C@H]1CN[C@H](C(C)C)C1. The number of carbonyl (C=O) groups excluding carboxylic acids is 1. The van der Waals surface area contributed by atoms with Crippen LogP contribution >= 0.6 is 0 Å². The van der Waals surface area contributed by atoms with Crippen molar-refractivity contribution in [2.75, 3.05) is 13.7 Å². The molecule has 0 aliphatic carbocycles. The van der Waals surface area contributed by atoms with Gasteiger partial charge in [-0.3, -0.25) is 4.79 Å². The van der Waals surface area contributed by atoms with E-state index in [2.05, 4.69) is 23.9 Å². The van der Waals surface area contributed by atoms with Gasteiger partial charge in [0.1, 0.15) is 0 Å². The molecule has 1 fully saturated rings. The van der Waals surface area contributed by atoms with Crippen molar-refractivity contribution in [3.05, 3.63) is 0 Å². The minimum Gasteiger partial charge on any atom is -0.469 e. The average Bonchev–Trinajstić information content (AvgIpc) is 2.51. The van der Waals surface area contributed by atoms with E-state index in [4.69, 9.17) is 0 Å². The van der Waals surface area contributed by atoms with E-state index in [0.717, 1.165) is 13.0 Å². The van der Waals surface area contributed by atoms with E-state index in [1.165, 1.54) is 7.11 Å². The maximum absolute atomic E-state index is 11.1. The number of hydrogen-bond acceptors (Lipinski definition) is 3. The Morgan fingerprint density at radius 1 is 1.58 bits per heavy atom. The van der Waals surface area contributed by atoms with E-state index in [-0.39, 0.29) is 11.9 Å². The predicted octanol–water partition coefficient (Wildman–Crippen LogP) is 0.793. The van der Waals surface area contributed by atoms with Crippen LogP contribution in [0.2, 0.25) is 0 Å². The van der Waals surface area contributed by atoms with Crippen LogP contribution in [0.15, 0.2) is 0 Å². The summed E-state index contributed by atoms with van der Waals surface area (Å²) in [5.74, 6) is 0.590. The Kier molecular flexibility index (Phi) is 3.09. The van der Waals surface area contributed by atoms with E-state index in [1.807, 2.05) is 0 Å². The van der Waals surface area contributed by atoms with Gasteiger partial charge in [-0.2, -0.15) is 0 Å². The van der Waals surface area contributed by atoms with Crippen molar-refractivity contribution >= 4 is 5.97 Å². The van der Waals surface area contributed by atoms with Crippen LogP contribution in [0, 0.1) is 11.8 Å². The van der Waals surface area contributed by atoms with E-state index in [0.29, 0.717) is 12.0 Å². The molecular formula is C9H17NO2. The second-order valence-corrected chi connectivity index (χ2v) is 3.71. The van der Waals surface area contributed by atoms with Crippen molar-refractivity contribution in [3.8, 4) is 0 Å². The Balaban J connectivity index is 2.40. The van der Waals surface area contributed by atoms with E-state index < -0.39 is 0 Å². The summed E-state index contributed by atoms with van der Waals surface area (Å²) in [5.41, 5.74) is 0. The third-order valence-electron chi connectivity index (χ3n) is 2.50. The smallest absolute Gasteiger partial charge is 0.310 e. The lowest BCUT2D eigenvalue weighted by Crippen LogP contribution is -2.26. The number of rotatable bonds is 2. The monoisotopic (exact) mass is 171 g/mol. The number of carbonyl (C=O) groups is 1. The second-order valence-electron chi connectivity index (χ2n) is 3.71. The van der Waals surface area contributed by atoms with Crippen LogP contribution in [0.4, 0.5) is 0 Å². The second kappa shape index (κ2) is 3.90. The Morgan fingerprint density at radius 2 is 2.25 bits per heavy atom. The predicted molar refractivity (Wildman–Crippen MR) is 46.8 cm³/mol. The highest BCUT2D eigenvalue weighted by Gasteiger charge is 2.31. The van der Waals surface area contributed by atoms with Crippen molar-refractivity contribution in [1.29, 1.82) is 0 Å². The Morgan fingerprint density at radius 3 is 2.67 bits per heavy atom. The van der Waals surface area contributed by atoms with Gasteiger partial charge in [0, 0.05) is 12.6 Å². The molecule has 1 rings (SSSR count). The fraction of sp³-hybridized carbons (Fsp3) is 0.889. The molecular weight excluding hydrogens is 154 g/mol. The van der Waals surface area contributed by atoms with Gasteiger partial charge in [0.15, 0.2) is 0 Å². The lowest BCUT2D eigenvalue weighted by Gasteiger charge is -2.13. The zero-order chi connectivity index (χ0) is 9.14. The maximum Gasteiger partial charge on any atom is 0.310 e. The lowest BCUT2D eigenvalue weighted by atomic mass is 9.98. The summed E-state index contributed by atoms with van der Waals surface area (Å²) in [6, 6.07) is 0.481. The van der Waals surface area contributed by atoms with Crippen molar-refractivity contribution in [2.24, 2.45) is 11.8 Å². The van der Waals surface area contributed by atoms with Crippen molar-refractivity contribution in [2.45, 2.75) is 26.3 Å². The highest BCUT2D eigenvalue weighted by molar-refractivity contribution is 5.73. The summed E-state index contributed by atoms with van der Waals surface area (Å²) in [6.07, 6.45) is 0.921. The molecule has 0 unspecified atom stereocenters. The number of esters is 1. The van der Waals surface area contributed by atoms with Gasteiger partial charge < -0.3 is 10.1 Å². The van der Waals surface area contributed by atoms with Crippen molar-refractivity contribution in [1.82, 2.24) is 5.32 Å². The lowest BCUT2D eigenvalue weighted by molar-refractivity contribution is -0.144. The van der Waals surface area contributed by atoms with Crippen LogP contribution in [-0.4, -0.2) is 25.7 Å². The summed E-state index contributed by atoms with van der Waals surface area (Å²) >= 11 is 0. The molecule has 1 saturated heterocycles. The molecule has 2 atom stereocenters. The van der Waals surface area contributed by atoms with Gasteiger partial charge in [-0.15, -0.1) is 0 Å². The Hall–Kier alpha value is -0.570. The van der Waals surface area contributed by atoms with Crippen LogP contribution in [0.5, 0.6) is 0 Å². The summed E-state index contributed by atoms with van der Waals surface area (Å²) in [7, 11) is 1.45. The van der Waals surface area contributed by atoms with Gasteiger partial charge in [-0.25, -0.2) is 0 Å². The molecule has 70 valence electrons. The molecule has 0 radical (unpaired) electrons. The molecule has 3 nitrogen and oxygen atoms in total. The van der Waals surface area contributed by atoms with Gasteiger partial charge >= 0.3 is 5.97 Å². The Bertz CT molecular complexity index is 168. The van der Waals surface area contributed by atoms with Gasteiger partial charge in [0.25, 0.3) is 0 Å². The van der Waals surface area contributed by atoms with E-state index in [9.17, 15) is 4.79 Å². The van der Waals surface area contributed by atoms with E-state index in [1.54, 1.807) is 0 Å². The maximum atomic E-state index is 11.1. The molecule has 0 aromatic heterocycles. The largest absolute Gasteiger partial charge is 0.469 e.